The van der Waals surface area contributed by atoms with Crippen molar-refractivity contribution >= 4 is 0 Å². The molecule has 3 heteroatoms. The van der Waals surface area contributed by atoms with Crippen LogP contribution < -0.4 is 5.32 Å². The van der Waals surface area contributed by atoms with E-state index in [1.54, 1.807) is 0 Å². The van der Waals surface area contributed by atoms with Crippen LogP contribution >= 0.6 is 0 Å². The molecule has 3 nitrogen and oxygen atoms in total. The highest BCUT2D eigenvalue weighted by atomic mass is 15.3. The summed E-state index contributed by atoms with van der Waals surface area (Å²) in [6.07, 6.45) is 9.34. The Hall–Kier alpha value is -1.87. The van der Waals surface area contributed by atoms with Crippen LogP contribution in [0.15, 0.2) is 54.9 Å². The zero-order chi connectivity index (χ0) is 13.5. The molecule has 0 radical (unpaired) electrons. The van der Waals surface area contributed by atoms with Crippen LogP contribution in [0.1, 0.15) is 31.9 Å². The van der Waals surface area contributed by atoms with E-state index in [1.165, 1.54) is 5.56 Å². The molecule has 0 spiro atoms. The number of hydrogen-bond donors (Lipinski definition) is 1. The normalized spacial score (nSPS) is 12.9. The fraction of sp³-hybridized carbons (Fsp3) is 0.312. The van der Waals surface area contributed by atoms with E-state index in [4.69, 9.17) is 0 Å². The zero-order valence-electron chi connectivity index (χ0n) is 11.6. The highest BCUT2D eigenvalue weighted by Crippen LogP contribution is 2.14. The lowest BCUT2D eigenvalue weighted by Crippen LogP contribution is -2.19. The van der Waals surface area contributed by atoms with Crippen molar-refractivity contribution in [3.8, 4) is 5.69 Å². The van der Waals surface area contributed by atoms with E-state index in [0.29, 0.717) is 6.04 Å². The molecule has 1 aromatic carbocycles. The van der Waals surface area contributed by atoms with Crippen molar-refractivity contribution in [2.45, 2.75) is 26.3 Å². The number of aromatic nitrogens is 2. The molecular weight excluding hydrogens is 234 g/mol. The quantitative estimate of drug-likeness (QED) is 0.632. The smallest absolute Gasteiger partial charge is 0.0645 e. The molecule has 0 aliphatic rings. The van der Waals surface area contributed by atoms with Crippen LogP contribution in [0.2, 0.25) is 0 Å². The Morgan fingerprint density at radius 1 is 1.32 bits per heavy atom. The van der Waals surface area contributed by atoms with Crippen LogP contribution in [0.3, 0.4) is 0 Å². The van der Waals surface area contributed by atoms with Crippen molar-refractivity contribution in [1.29, 1.82) is 0 Å². The molecule has 100 valence electrons. The van der Waals surface area contributed by atoms with Gasteiger partial charge in [0.2, 0.25) is 0 Å². The topological polar surface area (TPSA) is 29.9 Å². The first-order valence-electron chi connectivity index (χ1n) is 6.76. The second-order valence-electron chi connectivity index (χ2n) is 4.59. The van der Waals surface area contributed by atoms with Crippen LogP contribution in [0.25, 0.3) is 5.69 Å². The molecule has 0 saturated carbocycles. The van der Waals surface area contributed by atoms with Gasteiger partial charge >= 0.3 is 0 Å². The molecule has 2 rings (SSSR count). The number of nitrogens with zero attached hydrogens (tertiary/aromatic N) is 2. The summed E-state index contributed by atoms with van der Waals surface area (Å²) in [6, 6.07) is 10.5. The summed E-state index contributed by atoms with van der Waals surface area (Å²) < 4.78 is 1.92. The molecule has 2 aromatic rings. The molecule has 0 bridgehead atoms. The molecule has 1 heterocycles. The number of rotatable bonds is 6. The molecule has 0 amide bonds. The molecule has 0 fully saturated rings. The van der Waals surface area contributed by atoms with Crippen LogP contribution in [0, 0.1) is 0 Å². The second-order valence-corrected chi connectivity index (χ2v) is 4.59. The minimum absolute atomic E-state index is 0.322. The van der Waals surface area contributed by atoms with Crippen LogP contribution in [0.5, 0.6) is 0 Å². The van der Waals surface area contributed by atoms with Gasteiger partial charge in [0.1, 0.15) is 0 Å². The summed E-state index contributed by atoms with van der Waals surface area (Å²) in [7, 11) is 0. The van der Waals surface area contributed by atoms with Crippen molar-refractivity contribution in [3.63, 3.8) is 0 Å². The van der Waals surface area contributed by atoms with Crippen LogP contribution in [-0.4, -0.2) is 16.3 Å². The molecular formula is C16H21N3. The zero-order valence-corrected chi connectivity index (χ0v) is 11.6. The second kappa shape index (κ2) is 6.90. The van der Waals surface area contributed by atoms with Gasteiger partial charge in [-0.15, -0.1) is 0 Å². The first kappa shape index (κ1) is 13.6. The van der Waals surface area contributed by atoms with E-state index in [-0.39, 0.29) is 0 Å². The average molecular weight is 255 g/mol. The summed E-state index contributed by atoms with van der Waals surface area (Å²) in [4.78, 5) is 0. The van der Waals surface area contributed by atoms with E-state index < -0.39 is 0 Å². The molecule has 1 unspecified atom stereocenters. The number of allylic oxidation sites excluding steroid dienone is 1. The number of para-hydroxylation sites is 1. The lowest BCUT2D eigenvalue weighted by Gasteiger charge is -2.10. The Bertz CT molecular complexity index is 514. The molecule has 0 aliphatic heterocycles. The SMILES string of the molecule is C/C=C/CCNC(C)c1cnn(-c2ccccc2)c1. The Morgan fingerprint density at radius 3 is 2.84 bits per heavy atom. The summed E-state index contributed by atoms with van der Waals surface area (Å²) in [5.74, 6) is 0. The number of hydrogen-bond acceptors (Lipinski definition) is 2. The van der Waals surface area contributed by atoms with Gasteiger partial charge in [-0.2, -0.15) is 5.10 Å². The van der Waals surface area contributed by atoms with Gasteiger partial charge in [0.15, 0.2) is 0 Å². The van der Waals surface area contributed by atoms with Crippen molar-refractivity contribution in [1.82, 2.24) is 15.1 Å². The predicted octanol–water partition coefficient (Wildman–Crippen LogP) is 3.49. The van der Waals surface area contributed by atoms with E-state index in [0.717, 1.165) is 18.7 Å². The minimum atomic E-state index is 0.322. The lowest BCUT2D eigenvalue weighted by atomic mass is 10.2. The fourth-order valence-electron chi connectivity index (χ4n) is 1.95. The van der Waals surface area contributed by atoms with Gasteiger partial charge in [-0.1, -0.05) is 30.4 Å². The summed E-state index contributed by atoms with van der Waals surface area (Å²) >= 11 is 0. The van der Waals surface area contributed by atoms with E-state index in [1.807, 2.05) is 36.0 Å². The first-order valence-corrected chi connectivity index (χ1v) is 6.76. The van der Waals surface area contributed by atoms with Crippen LogP contribution in [0.4, 0.5) is 0 Å². The predicted molar refractivity (Wildman–Crippen MR) is 79.4 cm³/mol. The van der Waals surface area contributed by atoms with Gasteiger partial charge in [-0.25, -0.2) is 4.68 Å². The summed E-state index contributed by atoms with van der Waals surface area (Å²) in [6.45, 7) is 5.21. The molecule has 1 atom stereocenters. The molecule has 0 saturated heterocycles. The van der Waals surface area contributed by atoms with Crippen molar-refractivity contribution in [2.75, 3.05) is 6.54 Å². The number of nitrogens with one attached hydrogen (secondary N) is 1. The van der Waals surface area contributed by atoms with Crippen LogP contribution in [-0.2, 0) is 0 Å². The van der Waals surface area contributed by atoms with Gasteiger partial charge in [-0.3, -0.25) is 0 Å². The molecule has 1 N–H and O–H groups in total. The maximum atomic E-state index is 4.41. The maximum Gasteiger partial charge on any atom is 0.0645 e. The Kier molecular flexibility index (Phi) is 4.93. The molecule has 1 aromatic heterocycles. The lowest BCUT2D eigenvalue weighted by molar-refractivity contribution is 0.581. The van der Waals surface area contributed by atoms with Gasteiger partial charge in [0, 0.05) is 17.8 Å². The van der Waals surface area contributed by atoms with Crippen molar-refractivity contribution < 1.29 is 0 Å². The monoisotopic (exact) mass is 255 g/mol. The minimum Gasteiger partial charge on any atom is -0.310 e. The summed E-state index contributed by atoms with van der Waals surface area (Å²) in [5.41, 5.74) is 2.30. The maximum absolute atomic E-state index is 4.41. The van der Waals surface area contributed by atoms with E-state index >= 15 is 0 Å². The Balaban J connectivity index is 1.97. The third kappa shape index (κ3) is 3.80. The van der Waals surface area contributed by atoms with Gasteiger partial charge in [-0.05, 0) is 38.9 Å². The Morgan fingerprint density at radius 2 is 2.11 bits per heavy atom. The molecule has 19 heavy (non-hydrogen) atoms. The molecule has 0 aliphatic carbocycles. The van der Waals surface area contributed by atoms with Crippen molar-refractivity contribution in [2.24, 2.45) is 0 Å². The van der Waals surface area contributed by atoms with E-state index in [9.17, 15) is 0 Å². The van der Waals surface area contributed by atoms with Gasteiger partial charge < -0.3 is 5.32 Å². The third-order valence-corrected chi connectivity index (χ3v) is 3.12. The third-order valence-electron chi connectivity index (χ3n) is 3.12. The van der Waals surface area contributed by atoms with E-state index in [2.05, 4.69) is 47.8 Å². The van der Waals surface area contributed by atoms with Crippen molar-refractivity contribution in [3.05, 3.63) is 60.4 Å². The van der Waals surface area contributed by atoms with Gasteiger partial charge in [0.25, 0.3) is 0 Å². The fourth-order valence-corrected chi connectivity index (χ4v) is 1.95. The van der Waals surface area contributed by atoms with Gasteiger partial charge in [0.05, 0.1) is 11.9 Å². The Labute approximate surface area is 115 Å². The highest BCUT2D eigenvalue weighted by molar-refractivity contribution is 5.31. The largest absolute Gasteiger partial charge is 0.310 e. The summed E-state index contributed by atoms with van der Waals surface area (Å²) in [5, 5.41) is 7.91. The highest BCUT2D eigenvalue weighted by Gasteiger charge is 2.07. The average Bonchev–Trinajstić information content (AvgIpc) is 2.94. The first-order chi connectivity index (χ1) is 9.31. The number of benzene rings is 1. The standard InChI is InChI=1S/C16H21N3/c1-3-4-8-11-17-14(2)15-12-18-19(13-15)16-9-6-5-7-10-16/h3-7,9-10,12-14,17H,8,11H2,1-2H3/b4-3+.